The van der Waals surface area contributed by atoms with Gasteiger partial charge in [-0.3, -0.25) is 19.7 Å². The quantitative estimate of drug-likeness (QED) is 0.253. The summed E-state index contributed by atoms with van der Waals surface area (Å²) in [5.74, 6) is -1.53. The average Bonchev–Trinajstić information content (AvgIpc) is 2.88. The van der Waals surface area contributed by atoms with Crippen LogP contribution in [0.4, 0.5) is 16.2 Å². The Bertz CT molecular complexity index is 1460. The molecule has 5 amide bonds. The zero-order valence-electron chi connectivity index (χ0n) is 19.6. The molecule has 0 spiro atoms. The SMILES string of the molecule is COc1cc(/C=C2\C(=O)NC(=O)N(c3ccc(Br)cc3)C2=O)cc(Br)c1OCC(=O)Nc1ccc(Cl)cc1. The Hall–Kier alpha value is -3.67. The summed E-state index contributed by atoms with van der Waals surface area (Å²) >= 11 is 12.6. The molecule has 3 aromatic carbocycles. The minimum absolute atomic E-state index is 0.243. The van der Waals surface area contributed by atoms with Crippen LogP contribution in [0.2, 0.25) is 5.02 Å². The molecular formula is C26H18Br2ClN3O6. The number of carbonyl (C=O) groups excluding carboxylic acids is 4. The van der Waals surface area contributed by atoms with Gasteiger partial charge in [0.25, 0.3) is 17.7 Å². The van der Waals surface area contributed by atoms with Gasteiger partial charge < -0.3 is 14.8 Å². The van der Waals surface area contributed by atoms with E-state index < -0.39 is 23.8 Å². The standard InChI is InChI=1S/C26H18Br2ClN3O6/c1-37-21-12-14(11-20(28)23(21)38-13-22(33)30-17-6-4-16(29)5-7-17)10-19-24(34)31-26(36)32(25(19)35)18-8-2-15(27)3-9-18/h2-12H,13H2,1H3,(H,30,33)(H,31,34,36)/b19-10+. The summed E-state index contributed by atoms with van der Waals surface area (Å²) < 4.78 is 12.2. The van der Waals surface area contributed by atoms with Gasteiger partial charge in [-0.1, -0.05) is 27.5 Å². The molecule has 194 valence electrons. The normalized spacial score (nSPS) is 14.4. The minimum Gasteiger partial charge on any atom is -0.493 e. The van der Waals surface area contributed by atoms with Crippen molar-refractivity contribution in [3.8, 4) is 11.5 Å². The fourth-order valence-corrected chi connectivity index (χ4v) is 4.44. The Morgan fingerprint density at radius 3 is 2.39 bits per heavy atom. The molecular weight excluding hydrogens is 646 g/mol. The number of halogens is 3. The highest BCUT2D eigenvalue weighted by molar-refractivity contribution is 9.10. The molecule has 9 nitrogen and oxygen atoms in total. The summed E-state index contributed by atoms with van der Waals surface area (Å²) in [5.41, 5.74) is 1.02. The van der Waals surface area contributed by atoms with Gasteiger partial charge in [0.2, 0.25) is 0 Å². The van der Waals surface area contributed by atoms with Crippen LogP contribution in [0.15, 0.2) is 75.2 Å². The Kier molecular flexibility index (Phi) is 8.50. The first kappa shape index (κ1) is 27.4. The summed E-state index contributed by atoms with van der Waals surface area (Å²) in [6.07, 6.45) is 1.33. The maximum absolute atomic E-state index is 13.1. The lowest BCUT2D eigenvalue weighted by Gasteiger charge is -2.26. The van der Waals surface area contributed by atoms with Crippen molar-refractivity contribution in [3.63, 3.8) is 0 Å². The monoisotopic (exact) mass is 661 g/mol. The fraction of sp³-hybridized carbons (Fsp3) is 0.0769. The highest BCUT2D eigenvalue weighted by Gasteiger charge is 2.36. The van der Waals surface area contributed by atoms with Crippen molar-refractivity contribution in [3.05, 3.63) is 85.8 Å². The van der Waals surface area contributed by atoms with Crippen molar-refractivity contribution < 1.29 is 28.7 Å². The van der Waals surface area contributed by atoms with Gasteiger partial charge in [0, 0.05) is 15.2 Å². The van der Waals surface area contributed by atoms with E-state index in [-0.39, 0.29) is 23.7 Å². The molecule has 3 aromatic rings. The Labute approximate surface area is 239 Å². The van der Waals surface area contributed by atoms with Gasteiger partial charge in [-0.25, -0.2) is 9.69 Å². The largest absolute Gasteiger partial charge is 0.493 e. The number of nitrogens with one attached hydrogen (secondary N) is 2. The van der Waals surface area contributed by atoms with Crippen molar-refractivity contribution >= 4 is 84.7 Å². The minimum atomic E-state index is -0.848. The molecule has 0 atom stereocenters. The van der Waals surface area contributed by atoms with Gasteiger partial charge >= 0.3 is 6.03 Å². The van der Waals surface area contributed by atoms with Crippen LogP contribution in [0.25, 0.3) is 6.08 Å². The summed E-state index contributed by atoms with van der Waals surface area (Å²) in [4.78, 5) is 51.3. The van der Waals surface area contributed by atoms with Crippen LogP contribution in [0.3, 0.4) is 0 Å². The molecule has 1 aliphatic rings. The van der Waals surface area contributed by atoms with Crippen molar-refractivity contribution in [2.45, 2.75) is 0 Å². The average molecular weight is 664 g/mol. The Morgan fingerprint density at radius 2 is 1.74 bits per heavy atom. The molecule has 0 aromatic heterocycles. The number of methoxy groups -OCH3 is 1. The van der Waals surface area contributed by atoms with Crippen molar-refractivity contribution in [1.82, 2.24) is 5.32 Å². The first-order valence-corrected chi connectivity index (χ1v) is 12.9. The zero-order valence-corrected chi connectivity index (χ0v) is 23.5. The number of urea groups is 1. The van der Waals surface area contributed by atoms with Crippen LogP contribution < -0.4 is 25.0 Å². The molecule has 38 heavy (non-hydrogen) atoms. The molecule has 1 saturated heterocycles. The lowest BCUT2D eigenvalue weighted by molar-refractivity contribution is -0.122. The van der Waals surface area contributed by atoms with Gasteiger partial charge in [-0.2, -0.15) is 0 Å². The fourth-order valence-electron chi connectivity index (χ4n) is 3.48. The second-order valence-corrected chi connectivity index (χ2v) is 10.0. The molecule has 1 fully saturated rings. The number of hydrogen-bond acceptors (Lipinski definition) is 6. The van der Waals surface area contributed by atoms with E-state index in [1.165, 1.54) is 19.3 Å². The topological polar surface area (TPSA) is 114 Å². The van der Waals surface area contributed by atoms with Crippen LogP contribution in [0.1, 0.15) is 5.56 Å². The predicted molar refractivity (Wildman–Crippen MR) is 149 cm³/mol. The number of ether oxygens (including phenoxy) is 2. The molecule has 1 heterocycles. The van der Waals surface area contributed by atoms with E-state index in [2.05, 4.69) is 42.5 Å². The van der Waals surface area contributed by atoms with E-state index in [0.717, 1.165) is 9.37 Å². The third-order valence-corrected chi connectivity index (χ3v) is 6.59. The van der Waals surface area contributed by atoms with E-state index in [1.54, 1.807) is 54.6 Å². The third kappa shape index (κ3) is 6.24. The van der Waals surface area contributed by atoms with E-state index >= 15 is 0 Å². The first-order chi connectivity index (χ1) is 18.2. The van der Waals surface area contributed by atoms with Crippen molar-refractivity contribution in [2.24, 2.45) is 0 Å². The van der Waals surface area contributed by atoms with Crippen molar-refractivity contribution in [1.29, 1.82) is 0 Å². The number of hydrogen-bond donors (Lipinski definition) is 2. The van der Waals surface area contributed by atoms with Crippen molar-refractivity contribution in [2.75, 3.05) is 23.9 Å². The van der Waals surface area contributed by atoms with Crippen LogP contribution >= 0.6 is 43.5 Å². The zero-order chi connectivity index (χ0) is 27.4. The van der Waals surface area contributed by atoms with Gasteiger partial charge in [0.05, 0.1) is 17.3 Å². The highest BCUT2D eigenvalue weighted by Crippen LogP contribution is 2.37. The molecule has 0 unspecified atom stereocenters. The number of nitrogens with zero attached hydrogens (tertiary/aromatic N) is 1. The number of carbonyl (C=O) groups is 4. The van der Waals surface area contributed by atoms with Gasteiger partial charge in [-0.05, 0) is 88.2 Å². The molecule has 4 rings (SSSR count). The summed E-state index contributed by atoms with van der Waals surface area (Å²) in [5, 5.41) is 5.42. The molecule has 0 bridgehead atoms. The number of benzene rings is 3. The molecule has 0 saturated carbocycles. The molecule has 2 N–H and O–H groups in total. The summed E-state index contributed by atoms with van der Waals surface area (Å²) in [7, 11) is 1.41. The van der Waals surface area contributed by atoms with E-state index in [1.807, 2.05) is 0 Å². The number of anilines is 2. The number of rotatable bonds is 7. The van der Waals surface area contributed by atoms with E-state index in [4.69, 9.17) is 21.1 Å². The Balaban J connectivity index is 1.55. The summed E-state index contributed by atoms with van der Waals surface area (Å²) in [6.45, 7) is -0.316. The number of amides is 5. The summed E-state index contributed by atoms with van der Waals surface area (Å²) in [6, 6.07) is 15.4. The first-order valence-electron chi connectivity index (χ1n) is 10.9. The van der Waals surface area contributed by atoms with Gasteiger partial charge in [-0.15, -0.1) is 0 Å². The molecule has 0 radical (unpaired) electrons. The lowest BCUT2D eigenvalue weighted by Crippen LogP contribution is -2.54. The predicted octanol–water partition coefficient (Wildman–Crippen LogP) is 5.56. The van der Waals surface area contributed by atoms with E-state index in [9.17, 15) is 19.2 Å². The number of imide groups is 2. The third-order valence-electron chi connectivity index (χ3n) is 5.22. The van der Waals surface area contributed by atoms with Crippen LogP contribution in [-0.2, 0) is 14.4 Å². The lowest BCUT2D eigenvalue weighted by atomic mass is 10.1. The Morgan fingerprint density at radius 1 is 1.05 bits per heavy atom. The second kappa shape index (κ2) is 11.8. The highest BCUT2D eigenvalue weighted by atomic mass is 79.9. The smallest absolute Gasteiger partial charge is 0.335 e. The second-order valence-electron chi connectivity index (χ2n) is 7.81. The van der Waals surface area contributed by atoms with Crippen LogP contribution in [-0.4, -0.2) is 37.5 Å². The van der Waals surface area contributed by atoms with Gasteiger partial charge in [0.1, 0.15) is 5.57 Å². The number of barbiturate groups is 1. The molecule has 1 aliphatic heterocycles. The van der Waals surface area contributed by atoms with E-state index in [0.29, 0.717) is 26.4 Å². The van der Waals surface area contributed by atoms with Crippen LogP contribution in [0.5, 0.6) is 11.5 Å². The molecule has 0 aliphatic carbocycles. The van der Waals surface area contributed by atoms with Crippen LogP contribution in [0, 0.1) is 0 Å². The maximum atomic E-state index is 13.1. The molecule has 12 heteroatoms. The maximum Gasteiger partial charge on any atom is 0.335 e. The van der Waals surface area contributed by atoms with Gasteiger partial charge in [0.15, 0.2) is 18.1 Å².